The third-order valence-corrected chi connectivity index (χ3v) is 3.70. The molecular formula is C23H40N2O7. The fourth-order valence-electron chi connectivity index (χ4n) is 1.94. The van der Waals surface area contributed by atoms with Crippen molar-refractivity contribution >= 4 is 17.8 Å². The molecule has 0 saturated carbocycles. The van der Waals surface area contributed by atoms with Crippen molar-refractivity contribution in [2.75, 3.05) is 13.7 Å². The fourth-order valence-corrected chi connectivity index (χ4v) is 1.94. The van der Waals surface area contributed by atoms with Crippen LogP contribution in [-0.2, 0) is 14.3 Å². The van der Waals surface area contributed by atoms with Gasteiger partial charge >= 0.3 is 11.9 Å². The van der Waals surface area contributed by atoms with Crippen LogP contribution in [0.3, 0.4) is 0 Å². The van der Waals surface area contributed by atoms with E-state index < -0.39 is 11.9 Å². The first kappa shape index (κ1) is 31.5. The second kappa shape index (κ2) is 17.9. The number of methoxy groups -OCH3 is 1. The summed E-state index contributed by atoms with van der Waals surface area (Å²) in [6.07, 6.45) is 4.00. The second-order valence-electron chi connectivity index (χ2n) is 7.85. The fraction of sp³-hybridized carbons (Fsp3) is 0.652. The Morgan fingerprint density at radius 3 is 2.03 bits per heavy atom. The van der Waals surface area contributed by atoms with Crippen LogP contribution in [0.5, 0.6) is 11.5 Å². The normalized spacial score (nSPS) is 10.8. The van der Waals surface area contributed by atoms with Crippen LogP contribution in [0.1, 0.15) is 78.2 Å². The summed E-state index contributed by atoms with van der Waals surface area (Å²) in [6, 6.07) is 1.46. The Bertz CT molecular complexity index is 691. The number of esters is 2. The van der Waals surface area contributed by atoms with Crippen molar-refractivity contribution in [1.29, 1.82) is 0 Å². The van der Waals surface area contributed by atoms with E-state index in [1.807, 2.05) is 27.7 Å². The highest BCUT2D eigenvalue weighted by atomic mass is 16.6. The van der Waals surface area contributed by atoms with Gasteiger partial charge in [0.25, 0.3) is 5.91 Å². The molecule has 1 atom stereocenters. The van der Waals surface area contributed by atoms with Gasteiger partial charge in [-0.1, -0.05) is 34.6 Å². The van der Waals surface area contributed by atoms with E-state index in [-0.39, 0.29) is 29.3 Å². The Labute approximate surface area is 191 Å². The van der Waals surface area contributed by atoms with Crippen LogP contribution in [0.4, 0.5) is 0 Å². The number of aliphatic hydroxyl groups excluding tert-OH is 1. The van der Waals surface area contributed by atoms with Gasteiger partial charge in [-0.05, 0) is 31.6 Å². The molecule has 0 bridgehead atoms. The molecule has 32 heavy (non-hydrogen) atoms. The molecule has 9 nitrogen and oxygen atoms in total. The molecule has 3 N–H and O–H groups in total. The molecule has 9 heteroatoms. The van der Waals surface area contributed by atoms with Crippen molar-refractivity contribution in [2.24, 2.45) is 17.6 Å². The number of ether oxygens (including phenoxy) is 3. The number of nitrogens with zero attached hydrogens (tertiary/aromatic N) is 1. The highest BCUT2D eigenvalue weighted by molar-refractivity contribution is 5.95. The van der Waals surface area contributed by atoms with E-state index in [9.17, 15) is 14.4 Å². The maximum atomic E-state index is 11.0. The summed E-state index contributed by atoms with van der Waals surface area (Å²) in [6.45, 7) is 13.6. The average molecular weight is 457 g/mol. The summed E-state index contributed by atoms with van der Waals surface area (Å²) in [5, 5.41) is 8.14. The van der Waals surface area contributed by atoms with Gasteiger partial charge in [-0.25, -0.2) is 4.98 Å². The Morgan fingerprint density at radius 2 is 1.66 bits per heavy atom. The largest absolute Gasteiger partial charge is 0.493 e. The van der Waals surface area contributed by atoms with Crippen molar-refractivity contribution in [3.05, 3.63) is 18.0 Å². The van der Waals surface area contributed by atoms with Crippen LogP contribution in [0.2, 0.25) is 0 Å². The zero-order valence-electron chi connectivity index (χ0n) is 20.6. The molecule has 0 aliphatic rings. The summed E-state index contributed by atoms with van der Waals surface area (Å²) in [7, 11) is 1.38. The highest BCUT2D eigenvalue weighted by Crippen LogP contribution is 2.29. The van der Waals surface area contributed by atoms with Crippen LogP contribution in [0.25, 0.3) is 0 Å². The standard InChI is InChI=1S/C10H20O2.C9H10N2O4.C4H10O/c1-5-10(11)12-9(4)7-6-8(2)3;1-5(12)15-8-6(14-2)3-4-11-7(8)9(10)13;1-4(2)3-5/h8-9H,5-7H2,1-4H3;3-4H,1-2H3,(H2,10,13);4-5H,3H2,1-2H3. The molecule has 0 radical (unpaired) electrons. The summed E-state index contributed by atoms with van der Waals surface area (Å²) in [4.78, 5) is 36.3. The van der Waals surface area contributed by atoms with Gasteiger partial charge in [-0.2, -0.15) is 0 Å². The predicted molar refractivity (Wildman–Crippen MR) is 122 cm³/mol. The number of amides is 1. The zero-order chi connectivity index (χ0) is 25.3. The smallest absolute Gasteiger partial charge is 0.308 e. The van der Waals surface area contributed by atoms with E-state index in [1.165, 1.54) is 26.3 Å². The Balaban J connectivity index is 0. The Hall–Kier alpha value is -2.68. The minimum absolute atomic E-state index is 0.0556. The van der Waals surface area contributed by atoms with Gasteiger partial charge < -0.3 is 25.1 Å². The van der Waals surface area contributed by atoms with Gasteiger partial charge in [-0.15, -0.1) is 0 Å². The molecule has 1 aromatic heterocycles. The lowest BCUT2D eigenvalue weighted by molar-refractivity contribution is -0.148. The molecule has 1 unspecified atom stereocenters. The van der Waals surface area contributed by atoms with Crippen molar-refractivity contribution in [3.63, 3.8) is 0 Å². The van der Waals surface area contributed by atoms with Gasteiger partial charge in [0, 0.05) is 32.2 Å². The predicted octanol–water partition coefficient (Wildman–Crippen LogP) is 3.51. The molecule has 0 aliphatic carbocycles. The number of carbonyl (C=O) groups excluding carboxylic acids is 3. The number of carbonyl (C=O) groups is 3. The Kier molecular flexibility index (Phi) is 17.7. The molecule has 1 heterocycles. The first-order chi connectivity index (χ1) is 14.9. The van der Waals surface area contributed by atoms with E-state index >= 15 is 0 Å². The van der Waals surface area contributed by atoms with Gasteiger partial charge in [0.2, 0.25) is 5.75 Å². The van der Waals surface area contributed by atoms with Crippen LogP contribution < -0.4 is 15.2 Å². The maximum absolute atomic E-state index is 11.0. The molecule has 0 saturated heterocycles. The van der Waals surface area contributed by atoms with Crippen LogP contribution in [0, 0.1) is 11.8 Å². The molecule has 1 amide bonds. The summed E-state index contributed by atoms with van der Waals surface area (Å²) >= 11 is 0. The van der Waals surface area contributed by atoms with Crippen LogP contribution in [0.15, 0.2) is 12.3 Å². The molecule has 0 spiro atoms. The lowest BCUT2D eigenvalue weighted by atomic mass is 10.1. The minimum atomic E-state index is -0.787. The summed E-state index contributed by atoms with van der Waals surface area (Å²) < 4.78 is 14.8. The molecule has 1 rings (SSSR count). The lowest BCUT2D eigenvalue weighted by Gasteiger charge is -2.13. The molecule has 0 aliphatic heterocycles. The zero-order valence-corrected chi connectivity index (χ0v) is 20.6. The number of primary amides is 1. The minimum Gasteiger partial charge on any atom is -0.493 e. The van der Waals surface area contributed by atoms with Gasteiger partial charge in [0.05, 0.1) is 13.2 Å². The Morgan fingerprint density at radius 1 is 1.09 bits per heavy atom. The van der Waals surface area contributed by atoms with E-state index in [0.29, 0.717) is 24.9 Å². The summed E-state index contributed by atoms with van der Waals surface area (Å²) in [5.74, 6) is -0.156. The number of nitrogens with two attached hydrogens (primary N) is 1. The van der Waals surface area contributed by atoms with E-state index in [0.717, 1.165) is 12.8 Å². The van der Waals surface area contributed by atoms with Crippen molar-refractivity contribution in [2.45, 2.75) is 73.8 Å². The quantitative estimate of drug-likeness (QED) is 0.538. The molecular weight excluding hydrogens is 416 g/mol. The van der Waals surface area contributed by atoms with Gasteiger partial charge in [0.1, 0.15) is 0 Å². The lowest BCUT2D eigenvalue weighted by Crippen LogP contribution is -2.16. The van der Waals surface area contributed by atoms with Gasteiger partial charge in [-0.3, -0.25) is 14.4 Å². The average Bonchev–Trinajstić information content (AvgIpc) is 2.72. The maximum Gasteiger partial charge on any atom is 0.308 e. The third kappa shape index (κ3) is 16.1. The first-order valence-corrected chi connectivity index (χ1v) is 10.7. The van der Waals surface area contributed by atoms with Crippen molar-refractivity contribution < 1.29 is 33.7 Å². The first-order valence-electron chi connectivity index (χ1n) is 10.7. The van der Waals surface area contributed by atoms with E-state index in [2.05, 4.69) is 18.8 Å². The number of hydrogen-bond acceptors (Lipinski definition) is 8. The number of aromatic nitrogens is 1. The van der Waals surface area contributed by atoms with Crippen molar-refractivity contribution in [1.82, 2.24) is 4.98 Å². The number of hydrogen-bond donors (Lipinski definition) is 2. The number of rotatable bonds is 9. The second-order valence-corrected chi connectivity index (χ2v) is 7.85. The third-order valence-electron chi connectivity index (χ3n) is 3.70. The number of aliphatic hydroxyl groups is 1. The highest BCUT2D eigenvalue weighted by Gasteiger charge is 2.18. The van der Waals surface area contributed by atoms with Crippen molar-refractivity contribution in [3.8, 4) is 11.5 Å². The molecule has 1 aromatic rings. The molecule has 0 aromatic carbocycles. The summed E-state index contributed by atoms with van der Waals surface area (Å²) in [5.41, 5.74) is 4.93. The SMILES string of the molecule is CC(C)CO.CCC(=O)OC(C)CCC(C)C.COc1ccnc(C(N)=O)c1OC(C)=O. The molecule has 0 fully saturated rings. The molecule has 184 valence electrons. The van der Waals surface area contributed by atoms with E-state index in [1.54, 1.807) is 0 Å². The van der Waals surface area contributed by atoms with Gasteiger partial charge in [0.15, 0.2) is 11.4 Å². The van der Waals surface area contributed by atoms with Crippen LogP contribution in [-0.4, -0.2) is 47.8 Å². The monoisotopic (exact) mass is 456 g/mol. The van der Waals surface area contributed by atoms with Crippen LogP contribution >= 0.6 is 0 Å². The van der Waals surface area contributed by atoms with E-state index in [4.69, 9.17) is 25.1 Å². The topological polar surface area (TPSA) is 138 Å². The number of pyridine rings is 1.